The fourth-order valence-corrected chi connectivity index (χ4v) is 16.1. The molecule has 0 bridgehead atoms. The van der Waals surface area contributed by atoms with Crippen LogP contribution in [-0.2, 0) is 66.1 Å². The molecule has 4 aliphatic heterocycles. The Hall–Kier alpha value is -6.21. The van der Waals surface area contributed by atoms with Crippen LogP contribution in [0.15, 0.2) is 130 Å². The van der Waals surface area contributed by atoms with Gasteiger partial charge in [0, 0.05) is 77.9 Å². The van der Waals surface area contributed by atoms with E-state index in [1.807, 2.05) is 32.9 Å². The number of aliphatic hydroxyl groups excluding tert-OH is 2. The van der Waals surface area contributed by atoms with Crippen molar-refractivity contribution in [3.8, 4) is 11.5 Å². The number of benzene rings is 4. The topological polar surface area (TPSA) is 268 Å². The lowest BCUT2D eigenvalue weighted by Gasteiger charge is -2.52. The van der Waals surface area contributed by atoms with Crippen molar-refractivity contribution in [1.29, 1.82) is 0 Å². The Morgan fingerprint density at radius 2 is 0.968 bits per heavy atom. The van der Waals surface area contributed by atoms with Crippen LogP contribution in [0.4, 0.5) is 0 Å². The molecule has 0 aliphatic carbocycles. The highest BCUT2D eigenvalue weighted by Crippen LogP contribution is 2.57. The Kier molecular flexibility index (Phi) is 28.1. The molecular formula is C66H84Cl2N3O18PS2Si. The highest BCUT2D eigenvalue weighted by molar-refractivity contribution is 8.14. The number of para-hydroxylation sites is 2. The molecular weight excluding hydrogens is 1320 g/mol. The zero-order valence-corrected chi connectivity index (χ0v) is 59.3. The third-order valence-corrected chi connectivity index (χ3v) is 20.7. The maximum Gasteiger partial charge on any atom is 0.646 e. The Balaban J connectivity index is 0.000000223. The van der Waals surface area contributed by atoms with Gasteiger partial charge in [0.2, 0.25) is 17.7 Å². The number of esters is 3. The minimum atomic E-state index is -4.29. The molecule has 0 radical (unpaired) electrons. The van der Waals surface area contributed by atoms with Gasteiger partial charge < -0.3 is 57.1 Å². The van der Waals surface area contributed by atoms with E-state index in [2.05, 4.69) is 19.6 Å². The second kappa shape index (κ2) is 34.5. The lowest BCUT2D eigenvalue weighted by molar-refractivity contribution is -0.170. The monoisotopic (exact) mass is 1400 g/mol. The summed E-state index contributed by atoms with van der Waals surface area (Å²) < 4.78 is 52.6. The summed E-state index contributed by atoms with van der Waals surface area (Å²) in [5.74, 6) is -3.62. The summed E-state index contributed by atoms with van der Waals surface area (Å²) in [5, 5.41) is 21.3. The zero-order chi connectivity index (χ0) is 68.6. The molecule has 3 saturated heterocycles. The SMILES string of the molecule is CC(=O)OCCC1=C(OP(=O)(Oc2ccccc2)Oc2ccccc2)[C@H](C)[C@@H]2[C@@H]([C@@H](C)O)C(=O)N12.CC(=O)OCCCN1C(=O)[C@H]([C@@H](C)O)[C@H]1[C@@H](C)C(=O)Sc1ccc(Cl)cc1.CC(=O)OCCCN1C(=O)[C@H]([C@@H](C)O[Si](C)(C)C)[C@H]1[C@@H](C)C(=O)Sc1ccc(Cl)cc1. The van der Waals surface area contributed by atoms with Gasteiger partial charge in [-0.25, -0.2) is 0 Å². The predicted octanol–water partition coefficient (Wildman–Crippen LogP) is 11.7. The van der Waals surface area contributed by atoms with E-state index in [-0.39, 0.29) is 119 Å². The number of phosphoric ester groups is 1. The van der Waals surface area contributed by atoms with E-state index in [1.54, 1.807) is 128 Å². The van der Waals surface area contributed by atoms with Gasteiger partial charge in [0.05, 0.1) is 79.7 Å². The van der Waals surface area contributed by atoms with E-state index < -0.39 is 58.0 Å². The third kappa shape index (κ3) is 20.9. The van der Waals surface area contributed by atoms with Gasteiger partial charge in [-0.2, -0.15) is 4.57 Å². The molecule has 4 aliphatic rings. The van der Waals surface area contributed by atoms with Crippen molar-refractivity contribution < 1.29 is 85.3 Å². The van der Waals surface area contributed by atoms with Crippen molar-refractivity contribution in [1.82, 2.24) is 14.7 Å². The van der Waals surface area contributed by atoms with Gasteiger partial charge >= 0.3 is 25.7 Å². The maximum absolute atomic E-state index is 14.0. The molecule has 21 nitrogen and oxygen atoms in total. The predicted molar refractivity (Wildman–Crippen MR) is 355 cm³/mol. The van der Waals surface area contributed by atoms with E-state index >= 15 is 0 Å². The summed E-state index contributed by atoms with van der Waals surface area (Å²) in [5.41, 5.74) is 0.430. The number of phosphoric acid groups is 1. The molecule has 8 rings (SSSR count). The number of ether oxygens (including phenoxy) is 3. The number of aliphatic hydroxyl groups is 2. The molecule has 3 amide bonds. The Morgan fingerprint density at radius 1 is 0.570 bits per heavy atom. The van der Waals surface area contributed by atoms with Crippen LogP contribution in [0.1, 0.15) is 81.6 Å². The smallest absolute Gasteiger partial charge is 0.466 e. The first-order valence-electron chi connectivity index (χ1n) is 30.7. The van der Waals surface area contributed by atoms with Crippen molar-refractivity contribution in [2.24, 2.45) is 35.5 Å². The zero-order valence-electron chi connectivity index (χ0n) is 54.3. The molecule has 0 aromatic heterocycles. The minimum Gasteiger partial charge on any atom is -0.466 e. The molecule has 4 aromatic carbocycles. The van der Waals surface area contributed by atoms with Gasteiger partial charge in [0.1, 0.15) is 17.3 Å². The van der Waals surface area contributed by atoms with Crippen LogP contribution < -0.4 is 9.05 Å². The summed E-state index contributed by atoms with van der Waals surface area (Å²) >= 11 is 14.1. The summed E-state index contributed by atoms with van der Waals surface area (Å²) in [7, 11) is -6.14. The van der Waals surface area contributed by atoms with E-state index in [0.717, 1.165) is 33.3 Å². The van der Waals surface area contributed by atoms with Crippen molar-refractivity contribution >= 4 is 109 Å². The van der Waals surface area contributed by atoms with Crippen molar-refractivity contribution in [3.63, 3.8) is 0 Å². The molecule has 0 spiro atoms. The Morgan fingerprint density at radius 3 is 1.37 bits per heavy atom. The largest absolute Gasteiger partial charge is 0.646 e. The number of thioether (sulfide) groups is 2. The molecule has 3 fully saturated rings. The molecule has 0 unspecified atom stereocenters. The summed E-state index contributed by atoms with van der Waals surface area (Å²) in [4.78, 5) is 104. The van der Waals surface area contributed by atoms with Crippen LogP contribution in [0.25, 0.3) is 0 Å². The first-order chi connectivity index (χ1) is 43.8. The lowest BCUT2D eigenvalue weighted by Crippen LogP contribution is -2.68. The second-order valence-corrected chi connectivity index (χ2v) is 32.9. The van der Waals surface area contributed by atoms with Crippen LogP contribution in [0.2, 0.25) is 29.7 Å². The first kappa shape index (κ1) is 75.8. The Labute approximate surface area is 563 Å². The average molecular weight is 1400 g/mol. The van der Waals surface area contributed by atoms with E-state index in [4.69, 9.17) is 55.4 Å². The van der Waals surface area contributed by atoms with Gasteiger partial charge in [0.15, 0.2) is 18.5 Å². The number of hydrogen-bond donors (Lipinski definition) is 2. The molecule has 0 saturated carbocycles. The van der Waals surface area contributed by atoms with E-state index in [9.17, 15) is 53.1 Å². The summed E-state index contributed by atoms with van der Waals surface area (Å²) in [6.45, 7) is 22.0. The van der Waals surface area contributed by atoms with E-state index in [0.29, 0.717) is 41.7 Å². The van der Waals surface area contributed by atoms with Gasteiger partial charge in [-0.15, -0.1) is 0 Å². The highest BCUT2D eigenvalue weighted by Gasteiger charge is 2.60. The Bertz CT molecular complexity index is 3280. The number of nitrogens with zero attached hydrogens (tertiary/aromatic N) is 3. The normalized spacial score (nSPS) is 21.5. The molecule has 4 heterocycles. The van der Waals surface area contributed by atoms with Crippen LogP contribution in [-0.4, -0.2) is 148 Å². The van der Waals surface area contributed by atoms with Crippen LogP contribution in [0.3, 0.4) is 0 Å². The lowest BCUT2D eigenvalue weighted by atomic mass is 9.77. The highest BCUT2D eigenvalue weighted by atomic mass is 35.5. The molecule has 4 aromatic rings. The molecule has 27 heteroatoms. The number of carbonyl (C=O) groups is 8. The van der Waals surface area contributed by atoms with Crippen molar-refractivity contribution in [2.75, 3.05) is 32.9 Å². The molecule has 93 heavy (non-hydrogen) atoms. The standard InChI is InChI=1S/C25H28NO8P.C22H32ClNO5SSi.C19H24ClNO5S/c1-16-23-22(17(2)27)25(29)26(23)21(14-15-31-18(3)28)24(16)34-35(30,32-19-10-6-4-7-11-19)33-20-12-8-5-9-13-20;1-14(22(27)30-18-10-8-17(23)9-11-18)20-19(15(2)29-31(4,5)6)21(26)24(20)12-7-13-28-16(3)25;1-11(19(25)27-15-7-5-14(20)6-8-15)17-16(12(2)22)18(24)21(17)9-4-10-26-13(3)23/h4-13,16-17,22-23,27H,14-15H2,1-3H3;8-11,14-15,19-20H,7,12-13H2,1-6H3;5-8,11-12,16-17,22H,4,9-10H2,1-3H3/t16-,17-,22-,23-;14-,15-,19-,20-;11-,12-,16-,17-/m111/s1. The first-order valence-corrected chi connectivity index (χ1v) is 37.9. The van der Waals surface area contributed by atoms with Crippen molar-refractivity contribution in [3.05, 3.63) is 131 Å². The van der Waals surface area contributed by atoms with Gasteiger partial charge in [0.25, 0.3) is 0 Å². The summed E-state index contributed by atoms with van der Waals surface area (Å²) in [6.07, 6.45) is -0.784. The van der Waals surface area contributed by atoms with Crippen LogP contribution in [0.5, 0.6) is 11.5 Å². The number of halogens is 2. The maximum atomic E-state index is 14.0. The number of hydrogen-bond acceptors (Lipinski definition) is 20. The summed E-state index contributed by atoms with van der Waals surface area (Å²) in [6, 6.07) is 30.1. The quantitative estimate of drug-likeness (QED) is 0.0102. The number of likely N-dealkylation sites (tertiary alicyclic amines) is 2. The van der Waals surface area contributed by atoms with Crippen molar-refractivity contribution in [2.45, 2.75) is 147 Å². The molecule has 2 N–H and O–H groups in total. The van der Waals surface area contributed by atoms with Gasteiger partial charge in [-0.05, 0) is 126 Å². The van der Waals surface area contributed by atoms with Crippen LogP contribution >= 0.6 is 54.5 Å². The minimum absolute atomic E-state index is 0.00345. The number of amides is 3. The molecule has 506 valence electrons. The van der Waals surface area contributed by atoms with E-state index in [1.165, 1.54) is 25.7 Å². The number of fused-ring (bicyclic) bond motifs is 1. The number of carbonyl (C=O) groups excluding carboxylic acids is 8. The fourth-order valence-electron chi connectivity index (χ4n) is 11.6. The third-order valence-electron chi connectivity index (χ3n) is 15.7. The van der Waals surface area contributed by atoms with Crippen LogP contribution in [0, 0.1) is 35.5 Å². The second-order valence-electron chi connectivity index (χ2n) is 24.0. The average Bonchev–Trinajstić information content (AvgIpc) is 1.62. The number of rotatable bonds is 28. The van der Waals surface area contributed by atoms with Gasteiger partial charge in [-0.3, -0.25) is 38.4 Å². The number of β-lactam (4-membered cyclic amide) rings is 3. The van der Waals surface area contributed by atoms with Gasteiger partial charge in [-0.1, -0.05) is 104 Å². The fraction of sp³-hybridized carbons (Fsp3) is 0.485. The molecule has 12 atom stereocenters.